The Morgan fingerprint density at radius 1 is 1.24 bits per heavy atom. The van der Waals surface area contributed by atoms with Gasteiger partial charge in [-0.15, -0.1) is 0 Å². The van der Waals surface area contributed by atoms with Gasteiger partial charge in [0.2, 0.25) is 0 Å². The summed E-state index contributed by atoms with van der Waals surface area (Å²) in [6, 6.07) is 10.9. The second-order valence-corrected chi connectivity index (χ2v) is 10.7. The highest BCUT2D eigenvalue weighted by Crippen LogP contribution is 2.40. The molecule has 0 saturated carbocycles. The lowest BCUT2D eigenvalue weighted by Gasteiger charge is -2.19. The lowest BCUT2D eigenvalue weighted by atomic mass is 9.95. The smallest absolute Gasteiger partial charge is 0.318 e. The third kappa shape index (κ3) is 5.61. The van der Waals surface area contributed by atoms with Crippen LogP contribution in [-0.2, 0) is 17.6 Å². The fourth-order valence-electron chi connectivity index (χ4n) is 5.46. The van der Waals surface area contributed by atoms with Crippen LogP contribution in [0.25, 0.3) is 22.0 Å². The number of carbonyl (C=O) groups is 1. The first-order valence-corrected chi connectivity index (χ1v) is 13.5. The number of ether oxygens (including phenoxy) is 1. The van der Waals surface area contributed by atoms with Gasteiger partial charge >= 0.3 is 6.01 Å². The predicted octanol–water partition coefficient (Wildman–Crippen LogP) is 5.17. The number of amides is 1. The van der Waals surface area contributed by atoms with Crippen molar-refractivity contribution in [3.8, 4) is 17.1 Å². The van der Waals surface area contributed by atoms with Gasteiger partial charge in [-0.3, -0.25) is 4.79 Å². The third-order valence-electron chi connectivity index (χ3n) is 7.47. The first-order valence-electron chi connectivity index (χ1n) is 13.1. The summed E-state index contributed by atoms with van der Waals surface area (Å²) < 4.78 is 19.1. The molecule has 1 unspecified atom stereocenters. The van der Waals surface area contributed by atoms with Gasteiger partial charge in [-0.2, -0.15) is 9.97 Å². The third-order valence-corrected chi connectivity index (χ3v) is 7.79. The molecule has 2 aromatic carbocycles. The van der Waals surface area contributed by atoms with Crippen LogP contribution in [0, 0.1) is 5.92 Å². The summed E-state index contributed by atoms with van der Waals surface area (Å²) in [6.07, 6.45) is 4.32. The number of likely N-dealkylation sites (tertiary alicyclic amines) is 1. The minimum absolute atomic E-state index is 0.191. The van der Waals surface area contributed by atoms with Crippen LogP contribution in [0.4, 0.5) is 10.2 Å². The van der Waals surface area contributed by atoms with Gasteiger partial charge in [0.25, 0.3) is 5.91 Å². The minimum Gasteiger partial charge on any atom is -0.462 e. The summed E-state index contributed by atoms with van der Waals surface area (Å²) in [7, 11) is 2.10. The summed E-state index contributed by atoms with van der Waals surface area (Å²) in [5, 5.41) is 7.05. The van der Waals surface area contributed by atoms with E-state index in [0.717, 1.165) is 48.7 Å². The molecule has 1 aliphatic heterocycles. The molecule has 38 heavy (non-hydrogen) atoms. The van der Waals surface area contributed by atoms with Crippen LogP contribution in [-0.4, -0.2) is 60.1 Å². The second kappa shape index (κ2) is 11.3. The fourth-order valence-corrected chi connectivity index (χ4v) is 5.73. The number of hydrogen-bond acceptors (Lipinski definition) is 6. The molecule has 9 heteroatoms. The molecule has 0 radical (unpaired) electrons. The Kier molecular flexibility index (Phi) is 7.81. The first kappa shape index (κ1) is 26.4. The zero-order valence-corrected chi connectivity index (χ0v) is 22.6. The van der Waals surface area contributed by atoms with E-state index in [4.69, 9.17) is 21.3 Å². The van der Waals surface area contributed by atoms with Gasteiger partial charge in [0.15, 0.2) is 5.83 Å². The molecule has 1 fully saturated rings. The Morgan fingerprint density at radius 3 is 2.84 bits per heavy atom. The molecule has 2 heterocycles. The van der Waals surface area contributed by atoms with Crippen LogP contribution >= 0.6 is 11.6 Å². The summed E-state index contributed by atoms with van der Waals surface area (Å²) in [6.45, 7) is 7.35. The van der Waals surface area contributed by atoms with Crippen LogP contribution in [0.1, 0.15) is 30.9 Å². The van der Waals surface area contributed by atoms with E-state index in [1.54, 1.807) is 0 Å². The number of carbonyl (C=O) groups excluding carboxylic acids is 1. The SMILES string of the molecule is C=C(F)C(=O)NCCNc1nc(OC[C@@H]2CCCN2C)nc2cc(-c3cccc4c3CC(C)C4)c(Cl)cc12. The number of nitrogens with zero attached hydrogens (tertiary/aromatic N) is 3. The van der Waals surface area contributed by atoms with Crippen molar-refractivity contribution in [3.63, 3.8) is 0 Å². The Hall–Kier alpha value is -3.23. The van der Waals surface area contributed by atoms with E-state index in [1.807, 2.05) is 12.1 Å². The average Bonchev–Trinajstić information content (AvgIpc) is 3.48. The number of halogens is 2. The van der Waals surface area contributed by atoms with E-state index in [1.165, 1.54) is 11.1 Å². The maximum absolute atomic E-state index is 13.0. The Bertz CT molecular complexity index is 1380. The van der Waals surface area contributed by atoms with Gasteiger partial charge in [-0.05, 0) is 74.0 Å². The van der Waals surface area contributed by atoms with E-state index >= 15 is 0 Å². The first-order chi connectivity index (χ1) is 18.3. The molecule has 200 valence electrons. The number of nitrogens with one attached hydrogen (secondary N) is 2. The van der Waals surface area contributed by atoms with E-state index in [9.17, 15) is 9.18 Å². The molecule has 1 amide bonds. The van der Waals surface area contributed by atoms with Crippen molar-refractivity contribution >= 4 is 34.2 Å². The normalized spacial score (nSPS) is 18.9. The molecule has 5 rings (SSSR count). The van der Waals surface area contributed by atoms with E-state index in [0.29, 0.717) is 41.5 Å². The van der Waals surface area contributed by atoms with E-state index in [-0.39, 0.29) is 12.6 Å². The van der Waals surface area contributed by atoms with Crippen molar-refractivity contribution in [2.75, 3.05) is 38.6 Å². The topological polar surface area (TPSA) is 79.4 Å². The Labute approximate surface area is 227 Å². The maximum Gasteiger partial charge on any atom is 0.318 e. The number of fused-ring (bicyclic) bond motifs is 2. The van der Waals surface area contributed by atoms with Gasteiger partial charge in [-0.25, -0.2) is 4.39 Å². The van der Waals surface area contributed by atoms with E-state index in [2.05, 4.69) is 59.3 Å². The van der Waals surface area contributed by atoms with E-state index < -0.39 is 11.7 Å². The Balaban J connectivity index is 1.47. The summed E-state index contributed by atoms with van der Waals surface area (Å²) in [4.78, 5) is 23.2. The Morgan fingerprint density at radius 2 is 2.08 bits per heavy atom. The van der Waals surface area contributed by atoms with Crippen LogP contribution in [0.3, 0.4) is 0 Å². The molecular formula is C29H33ClFN5O2. The van der Waals surface area contributed by atoms with Crippen LogP contribution in [0.15, 0.2) is 42.7 Å². The van der Waals surface area contributed by atoms with Gasteiger partial charge < -0.3 is 20.3 Å². The van der Waals surface area contributed by atoms with Crippen molar-refractivity contribution in [2.24, 2.45) is 5.92 Å². The second-order valence-electron chi connectivity index (χ2n) is 10.3. The van der Waals surface area contributed by atoms with Gasteiger partial charge in [-0.1, -0.05) is 43.3 Å². The highest BCUT2D eigenvalue weighted by molar-refractivity contribution is 6.34. The summed E-state index contributed by atoms with van der Waals surface area (Å²) in [5.41, 5.74) is 5.50. The molecule has 3 aromatic rings. The number of anilines is 1. The molecule has 1 aliphatic carbocycles. The van der Waals surface area contributed by atoms with Crippen molar-refractivity contribution in [3.05, 3.63) is 58.9 Å². The molecule has 1 saturated heterocycles. The zero-order chi connectivity index (χ0) is 26.8. The van der Waals surface area contributed by atoms with Crippen molar-refractivity contribution in [2.45, 2.75) is 38.6 Å². The average molecular weight is 538 g/mol. The van der Waals surface area contributed by atoms with Crippen molar-refractivity contribution in [1.82, 2.24) is 20.2 Å². The molecule has 0 bridgehead atoms. The molecule has 0 spiro atoms. The number of hydrogen-bond donors (Lipinski definition) is 2. The number of benzene rings is 2. The molecule has 1 aromatic heterocycles. The maximum atomic E-state index is 13.0. The lowest BCUT2D eigenvalue weighted by Crippen LogP contribution is -2.31. The number of likely N-dealkylation sites (N-methyl/N-ethyl adjacent to an activating group) is 1. The highest BCUT2D eigenvalue weighted by atomic mass is 35.5. The molecule has 2 aliphatic rings. The number of rotatable bonds is 9. The molecule has 7 nitrogen and oxygen atoms in total. The zero-order valence-electron chi connectivity index (χ0n) is 21.8. The van der Waals surface area contributed by atoms with Crippen molar-refractivity contribution < 1.29 is 13.9 Å². The lowest BCUT2D eigenvalue weighted by molar-refractivity contribution is -0.118. The molecule has 2 atom stereocenters. The predicted molar refractivity (Wildman–Crippen MR) is 149 cm³/mol. The van der Waals surface area contributed by atoms with Crippen LogP contribution < -0.4 is 15.4 Å². The summed E-state index contributed by atoms with van der Waals surface area (Å²) >= 11 is 6.86. The highest BCUT2D eigenvalue weighted by Gasteiger charge is 2.24. The van der Waals surface area contributed by atoms with Gasteiger partial charge in [0.05, 0.1) is 5.52 Å². The standard InChI is InChI=1S/C29H33ClFN5O2/c1-17-12-19-6-4-8-21(22(19)13-17)23-15-26-24(14-25(23)30)27(32-9-10-33-28(37)18(2)31)35-29(34-26)38-16-20-7-5-11-36(20)3/h4,6,8,14-15,17,20H,2,5,7,9-13,16H2,1,3H3,(H,33,37)(H,32,34,35)/t17?,20-/m0/s1. The van der Waals surface area contributed by atoms with Crippen LogP contribution in [0.2, 0.25) is 5.02 Å². The minimum atomic E-state index is -1.02. The number of aromatic nitrogens is 2. The van der Waals surface area contributed by atoms with Gasteiger partial charge in [0.1, 0.15) is 12.4 Å². The fraction of sp³-hybridized carbons (Fsp3) is 0.414. The van der Waals surface area contributed by atoms with Gasteiger partial charge in [0, 0.05) is 35.1 Å². The monoisotopic (exact) mass is 537 g/mol. The van der Waals surface area contributed by atoms with Crippen LogP contribution in [0.5, 0.6) is 6.01 Å². The molecule has 2 N–H and O–H groups in total. The molecular weight excluding hydrogens is 505 g/mol. The largest absolute Gasteiger partial charge is 0.462 e. The quantitative estimate of drug-likeness (QED) is 0.290. The summed E-state index contributed by atoms with van der Waals surface area (Å²) in [5.74, 6) is -0.710. The van der Waals surface area contributed by atoms with Crippen molar-refractivity contribution in [1.29, 1.82) is 0 Å².